The molecule has 0 aromatic rings. The highest BCUT2D eigenvalue weighted by Gasteiger charge is 2.76. The fourth-order valence-electron chi connectivity index (χ4n) is 7.67. The van der Waals surface area contributed by atoms with Crippen LogP contribution in [0.25, 0.3) is 0 Å². The van der Waals surface area contributed by atoms with Crippen LogP contribution >= 0.6 is 24.0 Å². The Morgan fingerprint density at radius 3 is 2.44 bits per heavy atom. The van der Waals surface area contributed by atoms with Gasteiger partial charge in [0.25, 0.3) is 0 Å². The topological polar surface area (TPSA) is 54.0 Å². The van der Waals surface area contributed by atoms with Gasteiger partial charge in [0.05, 0.1) is 17.6 Å². The van der Waals surface area contributed by atoms with Gasteiger partial charge in [0.1, 0.15) is 23.6 Å². The summed E-state index contributed by atoms with van der Waals surface area (Å²) in [6.45, 7) is 18.6. The fraction of sp³-hybridized carbons (Fsp3) is 0.840. The van der Waals surface area contributed by atoms with Crippen LogP contribution in [0.3, 0.4) is 0 Å². The zero-order valence-electron chi connectivity index (χ0n) is 20.7. The van der Waals surface area contributed by atoms with Crippen LogP contribution in [0.5, 0.6) is 0 Å². The summed E-state index contributed by atoms with van der Waals surface area (Å²) in [5.74, 6) is -0.937. The average Bonchev–Trinajstić information content (AvgIpc) is 2.98. The number of hydrogen-bond acceptors (Lipinski definition) is 7. The maximum atomic E-state index is 14.0. The zero-order valence-corrected chi connectivity index (χ0v) is 22.3. The Morgan fingerprint density at radius 1 is 1.19 bits per heavy atom. The number of thioether (sulfide) groups is 1. The first-order chi connectivity index (χ1) is 14.6. The highest BCUT2D eigenvalue weighted by molar-refractivity contribution is 8.22. The highest BCUT2D eigenvalue weighted by atomic mass is 32.2. The van der Waals surface area contributed by atoms with Crippen molar-refractivity contribution in [3.63, 3.8) is 0 Å². The van der Waals surface area contributed by atoms with Gasteiger partial charge in [-0.3, -0.25) is 4.79 Å². The Morgan fingerprint density at radius 2 is 1.84 bits per heavy atom. The maximum absolute atomic E-state index is 14.0. The first-order valence-electron chi connectivity index (χ1n) is 11.6. The van der Waals surface area contributed by atoms with Gasteiger partial charge in [0, 0.05) is 17.8 Å². The first kappa shape index (κ1) is 24.6. The van der Waals surface area contributed by atoms with E-state index in [-0.39, 0.29) is 35.4 Å². The van der Waals surface area contributed by atoms with Crippen molar-refractivity contribution in [2.45, 2.75) is 103 Å². The van der Waals surface area contributed by atoms with Crippen LogP contribution in [0.4, 0.5) is 0 Å². The Bertz CT molecular complexity index is 840. The van der Waals surface area contributed by atoms with Crippen LogP contribution in [0.2, 0.25) is 0 Å². The summed E-state index contributed by atoms with van der Waals surface area (Å²) < 4.78 is 26.9. The van der Waals surface area contributed by atoms with Crippen molar-refractivity contribution < 1.29 is 23.7 Å². The minimum absolute atomic E-state index is 0.0453. The average molecular weight is 483 g/mol. The number of rotatable bonds is 2. The summed E-state index contributed by atoms with van der Waals surface area (Å²) in [4.78, 5) is 14.0. The summed E-state index contributed by atoms with van der Waals surface area (Å²) in [6, 6.07) is 0. The lowest BCUT2D eigenvalue weighted by molar-refractivity contribution is -0.298. The van der Waals surface area contributed by atoms with Gasteiger partial charge in [-0.05, 0) is 64.4 Å². The van der Waals surface area contributed by atoms with Gasteiger partial charge in [0.2, 0.25) is 4.38 Å². The first-order valence-corrected chi connectivity index (χ1v) is 13.2. The molecule has 7 heteroatoms. The Balaban J connectivity index is 1.93. The quantitative estimate of drug-likeness (QED) is 0.391. The molecule has 2 aliphatic carbocycles. The minimum Gasteiger partial charge on any atom is -0.475 e. The third-order valence-electron chi connectivity index (χ3n) is 8.61. The van der Waals surface area contributed by atoms with E-state index in [0.29, 0.717) is 10.8 Å². The van der Waals surface area contributed by atoms with Crippen LogP contribution in [-0.2, 0) is 23.7 Å². The minimum atomic E-state index is -0.877. The van der Waals surface area contributed by atoms with Gasteiger partial charge in [-0.25, -0.2) is 0 Å². The van der Waals surface area contributed by atoms with E-state index >= 15 is 0 Å². The molecule has 32 heavy (non-hydrogen) atoms. The lowest BCUT2D eigenvalue weighted by Crippen LogP contribution is -2.77. The molecule has 0 N–H and O–H groups in total. The molecule has 8 atom stereocenters. The molecule has 180 valence electrons. The standard InChI is InChI=1S/C25H38O5S2/c1-10-23(6)13-14(26)17-24(7)15(27-20(31)32-9)11-12-21(2,3)18(24)16-19(25(17,8)30-23)29-22(4,5)28-16/h10,15-19H,1,11-13H2,2-9H3/t15-,16+,17-,18+,19+,23+,24-,25+/m1/s1. The smallest absolute Gasteiger partial charge is 0.219 e. The molecule has 2 saturated carbocycles. The molecule has 2 aliphatic heterocycles. The Hall–Kier alpha value is -0.470. The summed E-state index contributed by atoms with van der Waals surface area (Å²) in [5.41, 5.74) is -2.22. The van der Waals surface area contributed by atoms with E-state index in [1.54, 1.807) is 6.08 Å². The third kappa shape index (κ3) is 3.44. The molecule has 0 spiro atoms. The molecule has 0 bridgehead atoms. The largest absolute Gasteiger partial charge is 0.475 e. The molecule has 5 nitrogen and oxygen atoms in total. The monoisotopic (exact) mass is 482 g/mol. The van der Waals surface area contributed by atoms with Gasteiger partial charge in [-0.1, -0.05) is 38.6 Å². The van der Waals surface area contributed by atoms with Crippen molar-refractivity contribution >= 4 is 34.1 Å². The molecule has 0 radical (unpaired) electrons. The molecule has 2 saturated heterocycles. The number of Topliss-reactive ketones (excluding diaryl/α,β-unsaturated/α-hetero) is 1. The third-order valence-corrected chi connectivity index (χ3v) is 9.64. The van der Waals surface area contributed by atoms with Crippen molar-refractivity contribution in [1.82, 2.24) is 0 Å². The molecule has 0 amide bonds. The van der Waals surface area contributed by atoms with E-state index < -0.39 is 28.3 Å². The number of fused-ring (bicyclic) bond motifs is 6. The zero-order chi connectivity index (χ0) is 23.9. The van der Waals surface area contributed by atoms with Crippen molar-refractivity contribution in [3.05, 3.63) is 12.7 Å². The second kappa shape index (κ2) is 7.51. The second-order valence-electron chi connectivity index (χ2n) is 11.8. The van der Waals surface area contributed by atoms with Crippen LogP contribution in [0.1, 0.15) is 67.7 Å². The molecular weight excluding hydrogens is 444 g/mol. The number of ether oxygens (including phenoxy) is 4. The van der Waals surface area contributed by atoms with E-state index in [2.05, 4.69) is 27.4 Å². The molecular formula is C25H38O5S2. The molecule has 0 unspecified atom stereocenters. The molecule has 4 aliphatic rings. The maximum Gasteiger partial charge on any atom is 0.219 e. The van der Waals surface area contributed by atoms with Crippen molar-refractivity contribution in [2.75, 3.05) is 6.26 Å². The van der Waals surface area contributed by atoms with Crippen molar-refractivity contribution in [1.29, 1.82) is 0 Å². The van der Waals surface area contributed by atoms with Gasteiger partial charge >= 0.3 is 0 Å². The van der Waals surface area contributed by atoms with E-state index in [9.17, 15) is 4.79 Å². The van der Waals surface area contributed by atoms with E-state index in [4.69, 9.17) is 31.2 Å². The SMILES string of the molecule is C=C[C@@]1(C)CC(=O)[C@H]2[C@](C)(O1)[C@H]1OC(C)(C)O[C@H]1[C@H]1C(C)(C)CC[C@@H](OC(=S)SC)[C@@]12C. The van der Waals surface area contributed by atoms with Crippen LogP contribution < -0.4 is 0 Å². The summed E-state index contributed by atoms with van der Waals surface area (Å²) in [6.07, 6.45) is 4.98. The van der Waals surface area contributed by atoms with Gasteiger partial charge in [-0.2, -0.15) is 0 Å². The number of hydrogen-bond donors (Lipinski definition) is 0. The van der Waals surface area contributed by atoms with Crippen LogP contribution in [-0.4, -0.2) is 51.7 Å². The normalized spacial score (nSPS) is 48.9. The van der Waals surface area contributed by atoms with Gasteiger partial charge < -0.3 is 18.9 Å². The molecule has 2 heterocycles. The Labute approximate surface area is 202 Å². The summed E-state index contributed by atoms with van der Waals surface area (Å²) in [5, 5.41) is 0. The number of thiocarbonyl (C=S) groups is 1. The summed E-state index contributed by atoms with van der Waals surface area (Å²) in [7, 11) is 0. The summed E-state index contributed by atoms with van der Waals surface area (Å²) >= 11 is 6.91. The molecule has 0 aromatic heterocycles. The second-order valence-corrected chi connectivity index (χ2v) is 13.2. The lowest BCUT2D eigenvalue weighted by atomic mass is 9.41. The Kier molecular flexibility index (Phi) is 5.79. The van der Waals surface area contributed by atoms with Crippen LogP contribution in [0, 0.1) is 22.7 Å². The predicted molar refractivity (Wildman–Crippen MR) is 131 cm³/mol. The van der Waals surface area contributed by atoms with Crippen molar-refractivity contribution in [2.24, 2.45) is 22.7 Å². The predicted octanol–water partition coefficient (Wildman–Crippen LogP) is 5.30. The van der Waals surface area contributed by atoms with E-state index in [0.717, 1.165) is 12.8 Å². The molecule has 4 rings (SSSR count). The van der Waals surface area contributed by atoms with Crippen molar-refractivity contribution in [3.8, 4) is 0 Å². The lowest BCUT2D eigenvalue weighted by Gasteiger charge is -2.67. The fourth-order valence-corrected chi connectivity index (χ4v) is 8.00. The molecule has 0 aromatic carbocycles. The van der Waals surface area contributed by atoms with Gasteiger partial charge in [-0.15, -0.1) is 6.58 Å². The van der Waals surface area contributed by atoms with Gasteiger partial charge in [0.15, 0.2) is 5.79 Å². The number of carbonyl (C=O) groups is 1. The molecule has 4 fully saturated rings. The highest BCUT2D eigenvalue weighted by Crippen LogP contribution is 2.68. The van der Waals surface area contributed by atoms with E-state index in [1.165, 1.54) is 11.8 Å². The number of carbonyl (C=O) groups excluding carboxylic acids is 1. The van der Waals surface area contributed by atoms with E-state index in [1.807, 2.05) is 34.0 Å². The van der Waals surface area contributed by atoms with Crippen LogP contribution in [0.15, 0.2) is 12.7 Å². The number of ketones is 1.